The Kier molecular flexibility index (Phi) is 3.35. The van der Waals surface area contributed by atoms with Gasteiger partial charge in [-0.05, 0) is 30.9 Å². The first-order valence-electron chi connectivity index (χ1n) is 7.31. The molecule has 0 bridgehead atoms. The molecule has 3 rings (SSSR count). The van der Waals surface area contributed by atoms with E-state index in [1.54, 1.807) is 0 Å². The number of carbonyl (C=O) groups is 1. The Labute approximate surface area is 128 Å². The second-order valence-electron chi connectivity index (χ2n) is 6.53. The van der Waals surface area contributed by atoms with Crippen molar-refractivity contribution in [3.05, 3.63) is 35.6 Å². The van der Waals surface area contributed by atoms with Crippen LogP contribution in [0.2, 0.25) is 0 Å². The van der Waals surface area contributed by atoms with Crippen LogP contribution in [0.5, 0.6) is 0 Å². The van der Waals surface area contributed by atoms with Crippen LogP contribution in [-0.4, -0.2) is 26.6 Å². The number of hydrogen-bond acceptors (Lipinski definition) is 4. The molecular formula is C17H19N3O2. The van der Waals surface area contributed by atoms with Crippen molar-refractivity contribution in [3.63, 3.8) is 0 Å². The molecule has 0 saturated heterocycles. The number of aliphatic imine (C=N–C) groups is 1. The minimum Gasteiger partial charge on any atom is -0.511 e. The zero-order chi connectivity index (χ0) is 15.9. The van der Waals surface area contributed by atoms with Crippen molar-refractivity contribution < 1.29 is 9.90 Å². The molecule has 2 N–H and O–H groups in total. The fraction of sp³-hybridized carbons (Fsp3) is 0.353. The first-order chi connectivity index (χ1) is 10.4. The average Bonchev–Trinajstić information content (AvgIpc) is 2.77. The Morgan fingerprint density at radius 2 is 2.05 bits per heavy atom. The molecule has 1 aromatic heterocycles. The summed E-state index contributed by atoms with van der Waals surface area (Å²) in [6, 6.07) is 7.67. The van der Waals surface area contributed by atoms with Gasteiger partial charge in [-0.25, -0.2) is 9.98 Å². The number of H-pyrrole nitrogens is 1. The van der Waals surface area contributed by atoms with E-state index in [9.17, 15) is 9.90 Å². The standard InChI is InChI=1S/C17H19N3O2/c1-10(21)15-13(8-17(2,3)9-14(15)22)20-16-18-11-6-4-5-7-12(11)19-16/h4-7,22H,8-9H2,1-3H3,(H,18,19)/b20-13-. The number of rotatable bonds is 2. The molecule has 0 spiro atoms. The number of Topliss-reactive ketones (excluding diaryl/α,β-unsaturated/α-hetero) is 1. The Morgan fingerprint density at radius 3 is 2.73 bits per heavy atom. The molecule has 5 heteroatoms. The first-order valence-corrected chi connectivity index (χ1v) is 7.31. The predicted octanol–water partition coefficient (Wildman–Crippen LogP) is 3.86. The second kappa shape index (κ2) is 5.09. The molecule has 22 heavy (non-hydrogen) atoms. The van der Waals surface area contributed by atoms with Crippen LogP contribution in [0.15, 0.2) is 40.6 Å². The molecule has 1 aliphatic carbocycles. The molecule has 0 amide bonds. The van der Waals surface area contributed by atoms with Gasteiger partial charge in [-0.3, -0.25) is 4.79 Å². The summed E-state index contributed by atoms with van der Waals surface area (Å²) >= 11 is 0. The monoisotopic (exact) mass is 297 g/mol. The lowest BCUT2D eigenvalue weighted by Gasteiger charge is -2.30. The number of hydrogen-bond donors (Lipinski definition) is 2. The van der Waals surface area contributed by atoms with E-state index in [0.717, 1.165) is 11.0 Å². The first kappa shape index (κ1) is 14.5. The lowest BCUT2D eigenvalue weighted by molar-refractivity contribution is -0.113. The quantitative estimate of drug-likeness (QED) is 0.883. The van der Waals surface area contributed by atoms with E-state index in [-0.39, 0.29) is 17.0 Å². The lowest BCUT2D eigenvalue weighted by Crippen LogP contribution is -2.28. The normalized spacial score (nSPS) is 19.9. The van der Waals surface area contributed by atoms with Crippen LogP contribution in [0, 0.1) is 5.41 Å². The third-order valence-corrected chi connectivity index (χ3v) is 3.84. The molecule has 0 unspecified atom stereocenters. The summed E-state index contributed by atoms with van der Waals surface area (Å²) in [6.45, 7) is 5.56. The van der Waals surface area contributed by atoms with Gasteiger partial charge in [0.1, 0.15) is 5.76 Å². The maximum atomic E-state index is 11.9. The Morgan fingerprint density at radius 1 is 1.32 bits per heavy atom. The fourth-order valence-electron chi connectivity index (χ4n) is 2.93. The Hall–Kier alpha value is -2.43. The van der Waals surface area contributed by atoms with E-state index in [1.807, 2.05) is 38.1 Å². The van der Waals surface area contributed by atoms with E-state index in [2.05, 4.69) is 15.0 Å². The SMILES string of the molecule is CC(=O)C1=C(O)CC(C)(C)C/C1=N/c1nc2ccccc2[nH]1. The largest absolute Gasteiger partial charge is 0.511 e. The van der Waals surface area contributed by atoms with E-state index in [1.165, 1.54) is 6.92 Å². The number of aliphatic hydroxyl groups excluding tert-OH is 1. The summed E-state index contributed by atoms with van der Waals surface area (Å²) in [5, 5.41) is 10.2. The molecule has 0 radical (unpaired) electrons. The molecule has 1 aliphatic rings. The van der Waals surface area contributed by atoms with Crippen LogP contribution in [-0.2, 0) is 4.79 Å². The van der Waals surface area contributed by atoms with Crippen LogP contribution in [0.1, 0.15) is 33.6 Å². The van der Waals surface area contributed by atoms with Gasteiger partial charge in [0.2, 0.25) is 5.95 Å². The second-order valence-corrected chi connectivity index (χ2v) is 6.53. The predicted molar refractivity (Wildman–Crippen MR) is 86.5 cm³/mol. The van der Waals surface area contributed by atoms with Crippen LogP contribution in [0.3, 0.4) is 0 Å². The van der Waals surface area contributed by atoms with E-state index < -0.39 is 0 Å². The van der Waals surface area contributed by atoms with Crippen molar-refractivity contribution >= 4 is 28.5 Å². The zero-order valence-electron chi connectivity index (χ0n) is 13.0. The summed E-state index contributed by atoms with van der Waals surface area (Å²) in [4.78, 5) is 23.9. The maximum Gasteiger partial charge on any atom is 0.228 e. The molecular weight excluding hydrogens is 278 g/mol. The van der Waals surface area contributed by atoms with Crippen LogP contribution >= 0.6 is 0 Å². The molecule has 2 aromatic rings. The molecule has 5 nitrogen and oxygen atoms in total. The molecule has 0 atom stereocenters. The van der Waals surface area contributed by atoms with Crippen molar-refractivity contribution in [1.82, 2.24) is 9.97 Å². The van der Waals surface area contributed by atoms with Gasteiger partial charge in [-0.2, -0.15) is 0 Å². The molecule has 0 fully saturated rings. The number of aliphatic hydroxyl groups is 1. The van der Waals surface area contributed by atoms with Crippen LogP contribution in [0.25, 0.3) is 11.0 Å². The number of imidazole rings is 1. The number of benzene rings is 1. The smallest absolute Gasteiger partial charge is 0.228 e. The minimum absolute atomic E-state index is 0.124. The molecule has 114 valence electrons. The van der Waals surface area contributed by atoms with Gasteiger partial charge in [0.25, 0.3) is 0 Å². The number of ketones is 1. The molecule has 1 heterocycles. The zero-order valence-corrected chi connectivity index (χ0v) is 13.0. The Balaban J connectivity index is 2.10. The van der Waals surface area contributed by atoms with Crippen molar-refractivity contribution in [2.75, 3.05) is 0 Å². The van der Waals surface area contributed by atoms with E-state index in [4.69, 9.17) is 0 Å². The van der Waals surface area contributed by atoms with Gasteiger partial charge in [0, 0.05) is 6.42 Å². The Bertz CT molecular complexity index is 779. The number of carbonyl (C=O) groups excluding carboxylic acids is 1. The molecule has 0 saturated carbocycles. The van der Waals surface area contributed by atoms with Gasteiger partial charge in [-0.15, -0.1) is 0 Å². The number of fused-ring (bicyclic) bond motifs is 1. The number of aromatic amines is 1. The fourth-order valence-corrected chi connectivity index (χ4v) is 2.93. The maximum absolute atomic E-state index is 11.9. The lowest BCUT2D eigenvalue weighted by atomic mass is 9.75. The van der Waals surface area contributed by atoms with Crippen molar-refractivity contribution in [3.8, 4) is 0 Å². The van der Waals surface area contributed by atoms with Gasteiger partial charge in [0.05, 0.1) is 22.3 Å². The number of nitrogens with zero attached hydrogens (tertiary/aromatic N) is 2. The van der Waals surface area contributed by atoms with Gasteiger partial charge < -0.3 is 10.1 Å². The van der Waals surface area contributed by atoms with Gasteiger partial charge in [0.15, 0.2) is 5.78 Å². The van der Waals surface area contributed by atoms with Crippen molar-refractivity contribution in [2.24, 2.45) is 10.4 Å². The summed E-state index contributed by atoms with van der Waals surface area (Å²) < 4.78 is 0. The number of nitrogens with one attached hydrogen (secondary N) is 1. The minimum atomic E-state index is -0.164. The third kappa shape index (κ3) is 2.66. The number of allylic oxidation sites excluding steroid dienone is 2. The number of aromatic nitrogens is 2. The molecule has 1 aromatic carbocycles. The van der Waals surface area contributed by atoms with Crippen LogP contribution in [0.4, 0.5) is 5.95 Å². The van der Waals surface area contributed by atoms with Gasteiger partial charge in [-0.1, -0.05) is 26.0 Å². The summed E-state index contributed by atoms with van der Waals surface area (Å²) in [7, 11) is 0. The summed E-state index contributed by atoms with van der Waals surface area (Å²) in [6.07, 6.45) is 1.12. The van der Waals surface area contributed by atoms with Crippen LogP contribution < -0.4 is 0 Å². The van der Waals surface area contributed by atoms with E-state index in [0.29, 0.717) is 30.1 Å². The van der Waals surface area contributed by atoms with Crippen molar-refractivity contribution in [1.29, 1.82) is 0 Å². The highest BCUT2D eigenvalue weighted by atomic mass is 16.3. The highest BCUT2D eigenvalue weighted by molar-refractivity contribution is 6.23. The highest BCUT2D eigenvalue weighted by Crippen LogP contribution is 2.37. The topological polar surface area (TPSA) is 78.3 Å². The molecule has 0 aliphatic heterocycles. The third-order valence-electron chi connectivity index (χ3n) is 3.84. The van der Waals surface area contributed by atoms with E-state index >= 15 is 0 Å². The van der Waals surface area contributed by atoms with Crippen molar-refractivity contribution in [2.45, 2.75) is 33.6 Å². The number of para-hydroxylation sites is 2. The summed E-state index contributed by atoms with van der Waals surface area (Å²) in [5.41, 5.74) is 2.53. The average molecular weight is 297 g/mol. The van der Waals surface area contributed by atoms with Gasteiger partial charge >= 0.3 is 0 Å². The summed E-state index contributed by atoms with van der Waals surface area (Å²) in [5.74, 6) is 0.418. The highest BCUT2D eigenvalue weighted by Gasteiger charge is 2.33.